The molecule has 1 fully saturated rings. The van der Waals surface area contributed by atoms with Gasteiger partial charge in [-0.05, 0) is 44.0 Å². The lowest BCUT2D eigenvalue weighted by atomic mass is 10.1. The topological polar surface area (TPSA) is 15.3 Å². The van der Waals surface area contributed by atoms with Crippen LogP contribution in [0.25, 0.3) is 0 Å². The van der Waals surface area contributed by atoms with Crippen LogP contribution in [0.1, 0.15) is 31.7 Å². The second-order valence-electron chi connectivity index (χ2n) is 5.24. The van der Waals surface area contributed by atoms with Gasteiger partial charge in [0.05, 0.1) is 10.0 Å². The van der Waals surface area contributed by atoms with Crippen LogP contribution < -0.4 is 5.32 Å². The van der Waals surface area contributed by atoms with E-state index in [4.69, 9.17) is 23.2 Å². The predicted octanol–water partition coefficient (Wildman–Crippen LogP) is 3.96. The molecular formula is C15H22Cl2N2. The van der Waals surface area contributed by atoms with E-state index in [-0.39, 0.29) is 0 Å². The molecule has 2 nitrogen and oxygen atoms in total. The van der Waals surface area contributed by atoms with E-state index in [9.17, 15) is 0 Å². The Morgan fingerprint density at radius 3 is 2.89 bits per heavy atom. The van der Waals surface area contributed by atoms with Crippen LogP contribution in [0.2, 0.25) is 10.0 Å². The van der Waals surface area contributed by atoms with Gasteiger partial charge in [-0.3, -0.25) is 4.90 Å². The fourth-order valence-corrected chi connectivity index (χ4v) is 3.07. The molecule has 0 aliphatic carbocycles. The first kappa shape index (κ1) is 15.1. The molecule has 0 aromatic heterocycles. The van der Waals surface area contributed by atoms with Gasteiger partial charge in [0.25, 0.3) is 0 Å². The van der Waals surface area contributed by atoms with Crippen LogP contribution in [0.4, 0.5) is 0 Å². The first-order chi connectivity index (χ1) is 9.20. The van der Waals surface area contributed by atoms with Crippen LogP contribution in [-0.2, 0) is 6.54 Å². The molecule has 19 heavy (non-hydrogen) atoms. The highest BCUT2D eigenvalue weighted by Crippen LogP contribution is 2.26. The summed E-state index contributed by atoms with van der Waals surface area (Å²) in [6.45, 7) is 6.44. The Morgan fingerprint density at radius 1 is 1.37 bits per heavy atom. The van der Waals surface area contributed by atoms with Crippen molar-refractivity contribution in [2.45, 2.75) is 38.8 Å². The Labute approximate surface area is 126 Å². The third-order valence-corrected chi connectivity index (χ3v) is 4.46. The summed E-state index contributed by atoms with van der Waals surface area (Å²) in [6.07, 6.45) is 3.73. The van der Waals surface area contributed by atoms with E-state index >= 15 is 0 Å². The van der Waals surface area contributed by atoms with E-state index < -0.39 is 0 Å². The number of hydrogen-bond acceptors (Lipinski definition) is 2. The molecule has 0 radical (unpaired) electrons. The van der Waals surface area contributed by atoms with E-state index in [2.05, 4.69) is 23.2 Å². The van der Waals surface area contributed by atoms with Crippen molar-refractivity contribution in [1.82, 2.24) is 10.2 Å². The standard InChI is InChI=1S/C15H22Cl2N2/c1-2-9-19(11-13-6-4-8-18-13)10-12-5-3-7-14(16)15(12)17/h3,5,7,13,18H,2,4,6,8-11H2,1H3. The Hall–Kier alpha value is -0.280. The molecule has 4 heteroatoms. The Bertz CT molecular complexity index is 403. The van der Waals surface area contributed by atoms with Crippen molar-refractivity contribution in [3.8, 4) is 0 Å². The average Bonchev–Trinajstić information content (AvgIpc) is 2.88. The van der Waals surface area contributed by atoms with Gasteiger partial charge in [0.1, 0.15) is 0 Å². The van der Waals surface area contributed by atoms with Gasteiger partial charge < -0.3 is 5.32 Å². The zero-order chi connectivity index (χ0) is 13.7. The van der Waals surface area contributed by atoms with Crippen molar-refractivity contribution >= 4 is 23.2 Å². The fraction of sp³-hybridized carbons (Fsp3) is 0.600. The lowest BCUT2D eigenvalue weighted by Gasteiger charge is -2.25. The van der Waals surface area contributed by atoms with Crippen molar-refractivity contribution in [2.75, 3.05) is 19.6 Å². The molecule has 1 saturated heterocycles. The van der Waals surface area contributed by atoms with Crippen molar-refractivity contribution in [1.29, 1.82) is 0 Å². The third kappa shape index (κ3) is 4.35. The molecule has 0 amide bonds. The maximum atomic E-state index is 6.28. The summed E-state index contributed by atoms with van der Waals surface area (Å²) in [6, 6.07) is 6.51. The number of nitrogens with one attached hydrogen (secondary N) is 1. The highest BCUT2D eigenvalue weighted by molar-refractivity contribution is 6.42. The monoisotopic (exact) mass is 300 g/mol. The van der Waals surface area contributed by atoms with Gasteiger partial charge in [-0.2, -0.15) is 0 Å². The lowest BCUT2D eigenvalue weighted by molar-refractivity contribution is 0.241. The number of rotatable bonds is 6. The van der Waals surface area contributed by atoms with Crippen LogP contribution >= 0.6 is 23.2 Å². The maximum absolute atomic E-state index is 6.28. The first-order valence-corrected chi connectivity index (χ1v) is 7.85. The van der Waals surface area contributed by atoms with Crippen LogP contribution in [0.3, 0.4) is 0 Å². The molecule has 0 spiro atoms. The van der Waals surface area contributed by atoms with Crippen LogP contribution in [0, 0.1) is 0 Å². The van der Waals surface area contributed by atoms with Crippen molar-refractivity contribution < 1.29 is 0 Å². The second-order valence-corrected chi connectivity index (χ2v) is 6.03. The largest absolute Gasteiger partial charge is 0.313 e. The van der Waals surface area contributed by atoms with Crippen LogP contribution in [-0.4, -0.2) is 30.6 Å². The highest BCUT2D eigenvalue weighted by Gasteiger charge is 2.18. The molecule has 1 aliphatic heterocycles. The molecule has 1 aromatic rings. The molecule has 1 N–H and O–H groups in total. The molecule has 0 bridgehead atoms. The van der Waals surface area contributed by atoms with Gasteiger partial charge in [-0.15, -0.1) is 0 Å². The number of hydrogen-bond donors (Lipinski definition) is 1. The Morgan fingerprint density at radius 2 is 2.21 bits per heavy atom. The van der Waals surface area contributed by atoms with Crippen LogP contribution in [0.15, 0.2) is 18.2 Å². The normalized spacial score (nSPS) is 19.3. The average molecular weight is 301 g/mol. The van der Waals surface area contributed by atoms with Crippen molar-refractivity contribution in [3.05, 3.63) is 33.8 Å². The predicted molar refractivity (Wildman–Crippen MR) is 83.1 cm³/mol. The highest BCUT2D eigenvalue weighted by atomic mass is 35.5. The van der Waals surface area contributed by atoms with Crippen LogP contribution in [0.5, 0.6) is 0 Å². The Kier molecular flexibility index (Phi) is 5.96. The molecule has 1 unspecified atom stereocenters. The van der Waals surface area contributed by atoms with E-state index in [1.54, 1.807) is 0 Å². The fourth-order valence-electron chi connectivity index (χ4n) is 2.69. The molecule has 1 heterocycles. The molecule has 1 atom stereocenters. The first-order valence-electron chi connectivity index (χ1n) is 7.09. The lowest BCUT2D eigenvalue weighted by Crippen LogP contribution is -2.37. The Balaban J connectivity index is 2.00. The minimum absolute atomic E-state index is 0.629. The smallest absolute Gasteiger partial charge is 0.0637 e. The molecule has 0 saturated carbocycles. The SMILES string of the molecule is CCCN(Cc1cccc(Cl)c1Cl)CC1CCCN1. The van der Waals surface area contributed by atoms with Crippen molar-refractivity contribution in [2.24, 2.45) is 0 Å². The maximum Gasteiger partial charge on any atom is 0.0637 e. The van der Waals surface area contributed by atoms with Gasteiger partial charge in [0.2, 0.25) is 0 Å². The van der Waals surface area contributed by atoms with Gasteiger partial charge >= 0.3 is 0 Å². The summed E-state index contributed by atoms with van der Waals surface area (Å²) in [5.41, 5.74) is 1.13. The molecule has 1 aromatic carbocycles. The van der Waals surface area contributed by atoms with Gasteiger partial charge in [-0.25, -0.2) is 0 Å². The summed E-state index contributed by atoms with van der Waals surface area (Å²) in [5.74, 6) is 0. The second kappa shape index (κ2) is 7.49. The molecule has 2 rings (SSSR count). The summed E-state index contributed by atoms with van der Waals surface area (Å²) in [5, 5.41) is 4.90. The van der Waals surface area contributed by atoms with Gasteiger partial charge in [0.15, 0.2) is 0 Å². The zero-order valence-corrected chi connectivity index (χ0v) is 13.0. The quantitative estimate of drug-likeness (QED) is 0.855. The molecule has 1 aliphatic rings. The number of halogens is 2. The minimum Gasteiger partial charge on any atom is -0.313 e. The molecular weight excluding hydrogens is 279 g/mol. The summed E-state index contributed by atoms with van der Waals surface area (Å²) in [7, 11) is 0. The third-order valence-electron chi connectivity index (χ3n) is 3.61. The summed E-state index contributed by atoms with van der Waals surface area (Å²) >= 11 is 12.4. The van der Waals surface area contributed by atoms with E-state index in [1.807, 2.05) is 12.1 Å². The summed E-state index contributed by atoms with van der Waals surface area (Å²) < 4.78 is 0. The van der Waals surface area contributed by atoms with Gasteiger partial charge in [0, 0.05) is 19.1 Å². The van der Waals surface area contributed by atoms with E-state index in [0.29, 0.717) is 16.1 Å². The van der Waals surface area contributed by atoms with E-state index in [0.717, 1.165) is 38.2 Å². The summed E-state index contributed by atoms with van der Waals surface area (Å²) in [4.78, 5) is 2.47. The zero-order valence-electron chi connectivity index (χ0n) is 11.5. The number of nitrogens with zero attached hydrogens (tertiary/aromatic N) is 1. The van der Waals surface area contributed by atoms with E-state index in [1.165, 1.54) is 12.8 Å². The van der Waals surface area contributed by atoms with Crippen molar-refractivity contribution in [3.63, 3.8) is 0 Å². The number of benzene rings is 1. The molecule has 106 valence electrons. The van der Waals surface area contributed by atoms with Gasteiger partial charge in [-0.1, -0.05) is 42.3 Å². The minimum atomic E-state index is 0.629.